The largest absolute Gasteiger partial charge is 0.464 e. The molecule has 192 valence electrons. The zero-order chi connectivity index (χ0) is 26.0. The second-order valence-corrected chi connectivity index (χ2v) is 10.8. The van der Waals surface area contributed by atoms with Crippen molar-refractivity contribution in [2.75, 3.05) is 20.2 Å². The molecule has 0 aliphatic carbocycles. The van der Waals surface area contributed by atoms with Crippen molar-refractivity contribution in [2.24, 2.45) is 0 Å². The first-order chi connectivity index (χ1) is 17.1. The highest BCUT2D eigenvalue weighted by Gasteiger charge is 2.30. The van der Waals surface area contributed by atoms with E-state index >= 15 is 0 Å². The minimum atomic E-state index is -0.690. The quantitative estimate of drug-likeness (QED) is 0.451. The number of ether oxygens (including phenoxy) is 2. The molecule has 4 rings (SSSR count). The smallest absolute Gasteiger partial charge is 0.419 e. The van der Waals surface area contributed by atoms with E-state index in [0.29, 0.717) is 17.6 Å². The molecule has 7 nitrogen and oxygen atoms in total. The molecule has 2 atom stereocenters. The monoisotopic (exact) mass is 491 g/mol. The van der Waals surface area contributed by atoms with Gasteiger partial charge in [-0.05, 0) is 57.9 Å². The van der Waals surface area contributed by atoms with Crippen LogP contribution < -0.4 is 0 Å². The Morgan fingerprint density at radius 2 is 1.58 bits per heavy atom. The lowest BCUT2D eigenvalue weighted by Gasteiger charge is -2.44. The summed E-state index contributed by atoms with van der Waals surface area (Å²) >= 11 is 0. The first kappa shape index (κ1) is 25.9. The molecule has 0 spiro atoms. The van der Waals surface area contributed by atoms with Crippen molar-refractivity contribution < 1.29 is 19.1 Å². The van der Waals surface area contributed by atoms with E-state index in [9.17, 15) is 9.59 Å². The zero-order valence-corrected chi connectivity index (χ0v) is 22.2. The Labute approximate surface area is 213 Å². The van der Waals surface area contributed by atoms with E-state index in [4.69, 9.17) is 9.47 Å². The van der Waals surface area contributed by atoms with Gasteiger partial charge in [0.25, 0.3) is 0 Å². The first-order valence-electron chi connectivity index (χ1n) is 12.5. The van der Waals surface area contributed by atoms with E-state index in [2.05, 4.69) is 60.0 Å². The lowest BCUT2D eigenvalue weighted by molar-refractivity contribution is 0.0290. The summed E-state index contributed by atoms with van der Waals surface area (Å²) in [7, 11) is 1.31. The molecule has 1 aliphatic heterocycles. The van der Waals surface area contributed by atoms with Crippen LogP contribution in [0.1, 0.15) is 56.2 Å². The number of nitrogens with zero attached hydrogens (tertiary/aromatic N) is 3. The number of carbonyl (C=O) groups excluding carboxylic acids is 2. The van der Waals surface area contributed by atoms with Gasteiger partial charge in [-0.25, -0.2) is 14.2 Å². The Morgan fingerprint density at radius 1 is 0.917 bits per heavy atom. The lowest BCUT2D eigenvalue weighted by atomic mass is 10.0. The van der Waals surface area contributed by atoms with E-state index in [1.165, 1.54) is 17.2 Å². The molecule has 3 aromatic rings. The van der Waals surface area contributed by atoms with E-state index in [1.54, 1.807) is 26.8 Å². The highest BCUT2D eigenvalue weighted by Crippen LogP contribution is 2.26. The van der Waals surface area contributed by atoms with Gasteiger partial charge in [-0.15, -0.1) is 0 Å². The number of benzene rings is 2. The Hall–Kier alpha value is -3.16. The molecule has 1 fully saturated rings. The third-order valence-electron chi connectivity index (χ3n) is 6.63. The van der Waals surface area contributed by atoms with Crippen molar-refractivity contribution >= 4 is 23.0 Å². The number of piperazine rings is 1. The minimum absolute atomic E-state index is 0.163. The van der Waals surface area contributed by atoms with Crippen molar-refractivity contribution in [1.82, 2.24) is 14.4 Å². The van der Waals surface area contributed by atoms with Gasteiger partial charge >= 0.3 is 12.1 Å². The molecule has 2 aromatic carbocycles. The molecule has 0 radical (unpaired) electrons. The summed E-state index contributed by atoms with van der Waals surface area (Å²) in [5.74, 6) is -0.573. The Morgan fingerprint density at radius 3 is 2.19 bits per heavy atom. The molecule has 2 heterocycles. The summed E-state index contributed by atoms with van der Waals surface area (Å²) in [6.07, 6.45) is -0.591. The molecular weight excluding hydrogens is 454 g/mol. The number of aromatic nitrogens is 1. The fourth-order valence-electron chi connectivity index (χ4n) is 5.06. The Kier molecular flexibility index (Phi) is 7.52. The van der Waals surface area contributed by atoms with Gasteiger partial charge in [0.2, 0.25) is 0 Å². The maximum Gasteiger partial charge on any atom is 0.419 e. The van der Waals surface area contributed by atoms with Crippen LogP contribution in [0.2, 0.25) is 0 Å². The molecule has 1 saturated heterocycles. The summed E-state index contributed by atoms with van der Waals surface area (Å²) in [5, 5.41) is 0.791. The molecule has 1 aliphatic rings. The highest BCUT2D eigenvalue weighted by atomic mass is 16.6. The van der Waals surface area contributed by atoms with Crippen molar-refractivity contribution in [3.8, 4) is 0 Å². The molecule has 1 aromatic heterocycles. The van der Waals surface area contributed by atoms with Crippen molar-refractivity contribution in [2.45, 2.75) is 65.4 Å². The van der Waals surface area contributed by atoms with E-state index in [0.717, 1.165) is 37.1 Å². The zero-order valence-electron chi connectivity index (χ0n) is 22.2. The van der Waals surface area contributed by atoms with Crippen LogP contribution in [0.15, 0.2) is 54.6 Å². The third-order valence-corrected chi connectivity index (χ3v) is 6.63. The van der Waals surface area contributed by atoms with Gasteiger partial charge in [-0.3, -0.25) is 9.80 Å². The molecule has 0 bridgehead atoms. The van der Waals surface area contributed by atoms with Crippen LogP contribution in [-0.2, 0) is 22.6 Å². The van der Waals surface area contributed by atoms with E-state index in [1.807, 2.05) is 12.1 Å². The third kappa shape index (κ3) is 5.79. The predicted octanol–water partition coefficient (Wildman–Crippen LogP) is 5.31. The van der Waals surface area contributed by atoms with Gasteiger partial charge in [0.1, 0.15) is 11.3 Å². The van der Waals surface area contributed by atoms with Gasteiger partial charge in [0, 0.05) is 43.6 Å². The molecule has 0 N–H and O–H groups in total. The average molecular weight is 492 g/mol. The minimum Gasteiger partial charge on any atom is -0.464 e. The second kappa shape index (κ2) is 10.4. The standard InChI is InChI=1S/C29H37N3O4/c1-20-16-30(17-21(2)31(20)19-22-10-8-7-9-11-22)18-23-12-13-24-15-26(27(33)35-6)32(25(24)14-23)28(34)36-29(3,4)5/h7-15,20-21H,16-19H2,1-6H3/t20-,21+. The first-order valence-corrected chi connectivity index (χ1v) is 12.5. The second-order valence-electron chi connectivity index (χ2n) is 10.8. The number of carbonyl (C=O) groups is 2. The van der Waals surface area contributed by atoms with E-state index < -0.39 is 17.7 Å². The fourth-order valence-corrected chi connectivity index (χ4v) is 5.06. The van der Waals surface area contributed by atoms with Crippen molar-refractivity contribution in [1.29, 1.82) is 0 Å². The van der Waals surface area contributed by atoms with Gasteiger partial charge in [-0.1, -0.05) is 42.5 Å². The summed E-state index contributed by atoms with van der Waals surface area (Å²) in [6, 6.07) is 19.1. The number of esters is 1. The van der Waals surface area contributed by atoms with Crippen LogP contribution in [-0.4, -0.2) is 64.3 Å². The van der Waals surface area contributed by atoms with Crippen LogP contribution in [0.4, 0.5) is 4.79 Å². The number of methoxy groups -OCH3 is 1. The maximum absolute atomic E-state index is 13.1. The molecular formula is C29H37N3O4. The molecule has 36 heavy (non-hydrogen) atoms. The van der Waals surface area contributed by atoms with Crippen LogP contribution in [0.5, 0.6) is 0 Å². The highest BCUT2D eigenvalue weighted by molar-refractivity contribution is 6.01. The van der Waals surface area contributed by atoms with Gasteiger partial charge < -0.3 is 9.47 Å². The Bertz CT molecular complexity index is 1220. The SMILES string of the molecule is COC(=O)c1cc2ccc(CN3C[C@@H](C)N(Cc4ccccc4)[C@@H](C)C3)cc2n1C(=O)OC(C)(C)C. The van der Waals surface area contributed by atoms with Crippen LogP contribution >= 0.6 is 0 Å². The lowest BCUT2D eigenvalue weighted by Crippen LogP contribution is -2.55. The molecule has 0 saturated carbocycles. The van der Waals surface area contributed by atoms with Crippen LogP contribution in [0.25, 0.3) is 10.9 Å². The number of rotatable bonds is 5. The number of hydrogen-bond acceptors (Lipinski definition) is 6. The molecule has 7 heteroatoms. The summed E-state index contributed by atoms with van der Waals surface area (Å²) in [6.45, 7) is 13.6. The average Bonchev–Trinajstić information content (AvgIpc) is 3.19. The predicted molar refractivity (Wildman–Crippen MR) is 141 cm³/mol. The Balaban J connectivity index is 1.56. The maximum atomic E-state index is 13.1. The van der Waals surface area contributed by atoms with Gasteiger partial charge in [0.05, 0.1) is 12.6 Å². The summed E-state index contributed by atoms with van der Waals surface area (Å²) < 4.78 is 11.9. The topological polar surface area (TPSA) is 64.0 Å². The molecule has 0 amide bonds. The fraction of sp³-hybridized carbons (Fsp3) is 0.448. The normalized spacial score (nSPS) is 19.4. The van der Waals surface area contributed by atoms with Crippen LogP contribution in [0, 0.1) is 0 Å². The number of fused-ring (bicyclic) bond motifs is 1. The number of hydrogen-bond donors (Lipinski definition) is 0. The van der Waals surface area contributed by atoms with Gasteiger partial charge in [-0.2, -0.15) is 0 Å². The van der Waals surface area contributed by atoms with Crippen molar-refractivity contribution in [3.05, 3.63) is 71.4 Å². The van der Waals surface area contributed by atoms with Crippen LogP contribution in [0.3, 0.4) is 0 Å². The van der Waals surface area contributed by atoms with E-state index in [-0.39, 0.29) is 5.69 Å². The molecule has 0 unspecified atom stereocenters. The summed E-state index contributed by atoms with van der Waals surface area (Å²) in [5.41, 5.74) is 2.53. The summed E-state index contributed by atoms with van der Waals surface area (Å²) in [4.78, 5) is 30.5. The van der Waals surface area contributed by atoms with Gasteiger partial charge in [0.15, 0.2) is 0 Å². The van der Waals surface area contributed by atoms with Crippen molar-refractivity contribution in [3.63, 3.8) is 0 Å².